The van der Waals surface area contributed by atoms with E-state index in [1.807, 2.05) is 38.1 Å². The van der Waals surface area contributed by atoms with E-state index in [4.69, 9.17) is 65.4 Å². The van der Waals surface area contributed by atoms with Gasteiger partial charge in [-0.3, -0.25) is 9.69 Å². The number of benzene rings is 2. The van der Waals surface area contributed by atoms with Crippen LogP contribution in [0.3, 0.4) is 0 Å². The number of carbonyl (C=O) groups excluding carboxylic acids is 3. The van der Waals surface area contributed by atoms with Crippen LogP contribution in [0.4, 0.5) is 4.79 Å². The minimum atomic E-state index is -1.91. The van der Waals surface area contributed by atoms with E-state index < -0.39 is 33.5 Å². The van der Waals surface area contributed by atoms with Gasteiger partial charge in [-0.05, 0) is 87.6 Å². The van der Waals surface area contributed by atoms with Crippen molar-refractivity contribution in [3.8, 4) is 11.5 Å². The van der Waals surface area contributed by atoms with Crippen LogP contribution in [-0.4, -0.2) is 82.2 Å². The van der Waals surface area contributed by atoms with Gasteiger partial charge in [-0.25, -0.2) is 9.59 Å². The Morgan fingerprint density at radius 1 is 0.957 bits per heavy atom. The Hall–Kier alpha value is -2.85. The maximum absolute atomic E-state index is 13.6. The maximum Gasteiger partial charge on any atom is 0.411 e. The van der Waals surface area contributed by atoms with E-state index in [0.717, 1.165) is 16.7 Å². The van der Waals surface area contributed by atoms with E-state index in [-0.39, 0.29) is 44.2 Å². The molecule has 2 aromatic carbocycles. The fourth-order valence-electron chi connectivity index (χ4n) is 5.44. The van der Waals surface area contributed by atoms with Crippen molar-refractivity contribution < 1.29 is 33.3 Å². The van der Waals surface area contributed by atoms with Crippen molar-refractivity contribution in [1.29, 1.82) is 0 Å². The number of esters is 1. The summed E-state index contributed by atoms with van der Waals surface area (Å²) in [4.78, 5) is 42.7. The van der Waals surface area contributed by atoms with Gasteiger partial charge in [0.2, 0.25) is 9.70 Å². The number of rotatable bonds is 9. The van der Waals surface area contributed by atoms with Gasteiger partial charge >= 0.3 is 12.1 Å². The number of hydrogen-bond donors (Lipinski definition) is 0. The number of aryl methyl sites for hydroxylation is 2. The highest BCUT2D eigenvalue weighted by molar-refractivity contribution is 6.68. The van der Waals surface area contributed by atoms with Crippen molar-refractivity contribution in [3.63, 3.8) is 0 Å². The number of nitrogens with zero attached hydrogens (tertiary/aromatic N) is 2. The van der Waals surface area contributed by atoms with Gasteiger partial charge in [0.25, 0.3) is 0 Å². The fraction of sp³-hybridized carbons (Fsp3) is 0.485. The molecule has 0 radical (unpaired) electrons. The van der Waals surface area contributed by atoms with Gasteiger partial charge in [-0.1, -0.05) is 58.5 Å². The van der Waals surface area contributed by atoms with E-state index >= 15 is 0 Å². The Bertz CT molecular complexity index is 1500. The van der Waals surface area contributed by atoms with Gasteiger partial charge in [0.05, 0.1) is 29.3 Å². The first-order chi connectivity index (χ1) is 21.5. The second-order valence-electron chi connectivity index (χ2n) is 11.8. The molecule has 1 fully saturated rings. The van der Waals surface area contributed by atoms with Crippen LogP contribution in [0, 0.1) is 13.8 Å². The molecule has 0 saturated carbocycles. The number of ether oxygens (including phenoxy) is 4. The summed E-state index contributed by atoms with van der Waals surface area (Å²) in [7, 11) is 0. The maximum atomic E-state index is 13.6. The smallest absolute Gasteiger partial charge is 0.411 e. The molecule has 2 aliphatic heterocycles. The quantitative estimate of drug-likeness (QED) is 0.153. The highest BCUT2D eigenvalue weighted by Gasteiger charge is 2.51. The number of fused-ring (bicyclic) bond motifs is 2. The monoisotopic (exact) mass is 714 g/mol. The van der Waals surface area contributed by atoms with Crippen molar-refractivity contribution in [1.82, 2.24) is 9.80 Å². The van der Waals surface area contributed by atoms with E-state index in [2.05, 4.69) is 0 Å². The summed E-state index contributed by atoms with van der Waals surface area (Å²) >= 11 is 24.6. The van der Waals surface area contributed by atoms with Crippen molar-refractivity contribution in [3.05, 3.63) is 63.7 Å². The number of amides is 2. The van der Waals surface area contributed by atoms with Gasteiger partial charge in [-0.2, -0.15) is 0 Å². The molecule has 2 unspecified atom stereocenters. The summed E-state index contributed by atoms with van der Waals surface area (Å²) in [6.07, 6.45) is -0.508. The van der Waals surface area contributed by atoms with Crippen molar-refractivity contribution in [2.24, 2.45) is 0 Å². The van der Waals surface area contributed by atoms with Crippen molar-refractivity contribution in [2.45, 2.75) is 69.4 Å². The lowest BCUT2D eigenvalue weighted by Gasteiger charge is -2.50. The lowest BCUT2D eigenvalue weighted by Crippen LogP contribution is -2.65. The Kier molecular flexibility index (Phi) is 11.3. The summed E-state index contributed by atoms with van der Waals surface area (Å²) in [6, 6.07) is 9.71. The van der Waals surface area contributed by atoms with Gasteiger partial charge < -0.3 is 23.8 Å². The predicted molar refractivity (Wildman–Crippen MR) is 179 cm³/mol. The zero-order valence-corrected chi connectivity index (χ0v) is 29.6. The molecule has 250 valence electrons. The first kappa shape index (κ1) is 36.0. The van der Waals surface area contributed by atoms with Gasteiger partial charge in [-0.15, -0.1) is 0 Å². The minimum absolute atomic E-state index is 0.0680. The lowest BCUT2D eigenvalue weighted by molar-refractivity contribution is -0.142. The summed E-state index contributed by atoms with van der Waals surface area (Å²) in [5, 5.41) is 0.544. The molecule has 0 aromatic heterocycles. The van der Waals surface area contributed by atoms with Crippen LogP contribution in [0.1, 0.15) is 50.8 Å². The topological polar surface area (TPSA) is 94.6 Å². The second-order valence-corrected chi connectivity index (χ2v) is 14.5. The molecule has 1 saturated heterocycles. The van der Waals surface area contributed by atoms with E-state index in [1.165, 1.54) is 25.7 Å². The molecule has 2 heterocycles. The van der Waals surface area contributed by atoms with Crippen molar-refractivity contribution >= 4 is 69.9 Å². The molecule has 2 bridgehead atoms. The zero-order chi connectivity index (χ0) is 34.0. The second kappa shape index (κ2) is 14.5. The SMILES string of the molecule is CCOC(=O)C1=C(c2ccc(OCCOc3cc(C)c(C)cc3Cl)cc2)CC2CN(C(C)=O)CC1N2C(=O)OC(C)(C)C(Cl)(Cl)Cl. The summed E-state index contributed by atoms with van der Waals surface area (Å²) in [5.41, 5.74) is 2.42. The molecule has 13 heteroatoms. The van der Waals surface area contributed by atoms with Crippen LogP contribution < -0.4 is 9.47 Å². The Labute approximate surface area is 289 Å². The number of piperazine rings is 1. The molecule has 2 atom stereocenters. The molecule has 46 heavy (non-hydrogen) atoms. The number of hydrogen-bond acceptors (Lipinski definition) is 7. The van der Waals surface area contributed by atoms with Crippen LogP contribution in [0.2, 0.25) is 5.02 Å². The molecule has 2 aliphatic rings. The zero-order valence-electron chi connectivity index (χ0n) is 26.6. The highest BCUT2D eigenvalue weighted by Crippen LogP contribution is 2.43. The third kappa shape index (κ3) is 7.98. The van der Waals surface area contributed by atoms with E-state index in [0.29, 0.717) is 28.7 Å². The molecule has 4 rings (SSSR count). The largest absolute Gasteiger partial charge is 0.490 e. The third-order valence-corrected chi connectivity index (χ3v) is 9.85. The summed E-state index contributed by atoms with van der Waals surface area (Å²) in [6.45, 7) is 11.1. The number of carbonyl (C=O) groups is 3. The average molecular weight is 716 g/mol. The van der Waals surface area contributed by atoms with Gasteiger partial charge in [0, 0.05) is 20.0 Å². The Morgan fingerprint density at radius 2 is 1.59 bits per heavy atom. The summed E-state index contributed by atoms with van der Waals surface area (Å²) in [5.74, 6) is 0.436. The third-order valence-electron chi connectivity index (χ3n) is 8.19. The standard InChI is InChI=1S/C33H38Cl4N2O7/c1-7-43-30(41)29-25(22-8-10-24(11-9-22)44-12-13-45-28-15-20(3)19(2)14-26(28)34)16-23-17-38(21(4)40)18-27(29)39(23)31(42)46-32(5,6)33(35,36)37/h8-11,14-15,23,27H,7,12-13,16-18H2,1-6H3. The predicted octanol–water partition coefficient (Wildman–Crippen LogP) is 7.32. The Morgan fingerprint density at radius 3 is 2.20 bits per heavy atom. The Balaban J connectivity index is 1.58. The average Bonchev–Trinajstić information content (AvgIpc) is 2.96. The molecular formula is C33H38Cl4N2O7. The van der Waals surface area contributed by atoms with Gasteiger partial charge in [0.15, 0.2) is 5.60 Å². The van der Waals surface area contributed by atoms with Gasteiger partial charge in [0.1, 0.15) is 24.7 Å². The first-order valence-corrected chi connectivity index (χ1v) is 16.4. The molecular weight excluding hydrogens is 678 g/mol. The molecule has 2 aromatic rings. The van der Waals surface area contributed by atoms with Crippen LogP contribution in [0.5, 0.6) is 11.5 Å². The van der Waals surface area contributed by atoms with Crippen LogP contribution >= 0.6 is 46.4 Å². The van der Waals surface area contributed by atoms with Crippen molar-refractivity contribution in [2.75, 3.05) is 32.9 Å². The van der Waals surface area contributed by atoms with Crippen LogP contribution in [0.15, 0.2) is 42.0 Å². The highest BCUT2D eigenvalue weighted by atomic mass is 35.6. The molecule has 2 amide bonds. The molecule has 9 nitrogen and oxygen atoms in total. The molecule has 0 N–H and O–H groups in total. The minimum Gasteiger partial charge on any atom is -0.490 e. The van der Waals surface area contributed by atoms with Crippen LogP contribution in [0.25, 0.3) is 5.57 Å². The number of halogens is 4. The van der Waals surface area contributed by atoms with E-state index in [9.17, 15) is 14.4 Å². The fourth-order valence-corrected chi connectivity index (χ4v) is 5.83. The summed E-state index contributed by atoms with van der Waals surface area (Å²) < 4.78 is 20.9. The van der Waals surface area contributed by atoms with Crippen LogP contribution in [-0.2, 0) is 19.1 Å². The normalized spacial score (nSPS) is 18.3. The lowest BCUT2D eigenvalue weighted by atomic mass is 9.82. The molecule has 0 spiro atoms. The number of alkyl halides is 3. The molecule has 0 aliphatic carbocycles. The van der Waals surface area contributed by atoms with E-state index in [1.54, 1.807) is 24.0 Å². The first-order valence-electron chi connectivity index (χ1n) is 14.9.